The number of amides is 2. The minimum Gasteiger partial charge on any atom is -0.484 e. The molecule has 0 saturated carbocycles. The lowest BCUT2D eigenvalue weighted by atomic mass is 10.1. The van der Waals surface area contributed by atoms with Gasteiger partial charge in [0.1, 0.15) is 18.1 Å². The summed E-state index contributed by atoms with van der Waals surface area (Å²) in [6.45, 7) is 10.6. The molecule has 3 aromatic rings. The molecule has 182 valence electrons. The Hall–Kier alpha value is -3.35. The van der Waals surface area contributed by atoms with Crippen molar-refractivity contribution in [3.8, 4) is 5.75 Å². The molecule has 0 spiro atoms. The molecule has 2 amide bonds. The number of carbonyl (C=O) groups excluding carboxylic acids is 2. The Labute approximate surface area is 202 Å². The summed E-state index contributed by atoms with van der Waals surface area (Å²) in [4.78, 5) is 32.2. The highest BCUT2D eigenvalue weighted by Gasteiger charge is 2.20. The fraction of sp³-hybridized carbons (Fsp3) is 0.444. The fourth-order valence-electron chi connectivity index (χ4n) is 3.92. The average molecular weight is 465 g/mol. The summed E-state index contributed by atoms with van der Waals surface area (Å²) < 4.78 is 7.49. The van der Waals surface area contributed by atoms with Crippen LogP contribution < -0.4 is 10.1 Å². The zero-order chi connectivity index (χ0) is 24.5. The number of benzene rings is 2. The number of imidazole rings is 1. The highest BCUT2D eigenvalue weighted by Crippen LogP contribution is 2.17. The molecule has 1 heterocycles. The number of nitrogens with one attached hydrogen (secondary N) is 1. The van der Waals surface area contributed by atoms with Crippen molar-refractivity contribution >= 4 is 22.8 Å². The summed E-state index contributed by atoms with van der Waals surface area (Å²) in [6, 6.07) is 17.1. The van der Waals surface area contributed by atoms with E-state index >= 15 is 0 Å². The lowest BCUT2D eigenvalue weighted by molar-refractivity contribution is -0.133. The number of hydrogen-bond donors (Lipinski definition) is 1. The largest absolute Gasteiger partial charge is 0.484 e. The number of rotatable bonds is 12. The Morgan fingerprint density at radius 2 is 1.62 bits per heavy atom. The Bertz CT molecular complexity index is 1070. The first-order valence-electron chi connectivity index (χ1n) is 12.0. The predicted molar refractivity (Wildman–Crippen MR) is 135 cm³/mol. The number of carbonyl (C=O) groups is 2. The monoisotopic (exact) mass is 464 g/mol. The van der Waals surface area contributed by atoms with E-state index < -0.39 is 0 Å². The average Bonchev–Trinajstić information content (AvgIpc) is 3.14. The molecule has 7 heteroatoms. The van der Waals surface area contributed by atoms with Gasteiger partial charge in [0, 0.05) is 26.1 Å². The third kappa shape index (κ3) is 7.33. The van der Waals surface area contributed by atoms with Gasteiger partial charge in [-0.25, -0.2) is 4.98 Å². The van der Waals surface area contributed by atoms with E-state index in [-0.39, 0.29) is 25.0 Å². The molecular weight excluding hydrogens is 428 g/mol. The van der Waals surface area contributed by atoms with Crippen molar-refractivity contribution in [3.63, 3.8) is 0 Å². The van der Waals surface area contributed by atoms with Crippen LogP contribution in [0.4, 0.5) is 0 Å². The van der Waals surface area contributed by atoms with Crippen LogP contribution in [0.5, 0.6) is 5.75 Å². The van der Waals surface area contributed by atoms with Gasteiger partial charge >= 0.3 is 0 Å². The van der Waals surface area contributed by atoms with Gasteiger partial charge in [-0.15, -0.1) is 0 Å². The van der Waals surface area contributed by atoms with Crippen LogP contribution in [0.25, 0.3) is 11.0 Å². The molecule has 0 aliphatic heterocycles. The number of fused-ring (bicyclic) bond motifs is 1. The third-order valence-corrected chi connectivity index (χ3v) is 5.33. The Morgan fingerprint density at radius 3 is 2.29 bits per heavy atom. The van der Waals surface area contributed by atoms with E-state index in [1.54, 1.807) is 0 Å². The molecule has 0 aliphatic carbocycles. The van der Waals surface area contributed by atoms with E-state index in [9.17, 15) is 9.59 Å². The van der Waals surface area contributed by atoms with E-state index in [0.717, 1.165) is 29.9 Å². The van der Waals surface area contributed by atoms with Crippen LogP contribution >= 0.6 is 0 Å². The summed E-state index contributed by atoms with van der Waals surface area (Å²) in [6.07, 6.45) is 0.521. The number of aromatic nitrogens is 2. The molecule has 2 aromatic carbocycles. The van der Waals surface area contributed by atoms with Gasteiger partial charge in [-0.1, -0.05) is 58.0 Å². The second-order valence-corrected chi connectivity index (χ2v) is 9.39. The standard InChI is InChI=1S/C27H36N4O3/c1-20(2)16-30(17-21(3)4)27(33)18-31-24-13-9-8-12-23(24)29-25(31)14-15-28-26(32)19-34-22-10-6-5-7-11-22/h5-13,20-21H,14-19H2,1-4H3,(H,28,32). The normalized spacial score (nSPS) is 11.2. The van der Waals surface area contributed by atoms with Gasteiger partial charge in [0.15, 0.2) is 6.61 Å². The Kier molecular flexibility index (Phi) is 9.08. The predicted octanol–water partition coefficient (Wildman–Crippen LogP) is 3.91. The summed E-state index contributed by atoms with van der Waals surface area (Å²) in [5.41, 5.74) is 1.78. The second-order valence-electron chi connectivity index (χ2n) is 9.39. The van der Waals surface area contributed by atoms with Crippen molar-refractivity contribution in [1.82, 2.24) is 19.8 Å². The van der Waals surface area contributed by atoms with Gasteiger partial charge in [-0.05, 0) is 36.1 Å². The number of hydrogen-bond acceptors (Lipinski definition) is 4. The molecule has 34 heavy (non-hydrogen) atoms. The minimum atomic E-state index is -0.192. The van der Waals surface area contributed by atoms with Gasteiger partial charge in [-0.2, -0.15) is 0 Å². The van der Waals surface area contributed by atoms with E-state index in [1.807, 2.05) is 64.1 Å². The molecule has 0 fully saturated rings. The molecule has 0 saturated heterocycles. The minimum absolute atomic E-state index is 0.0434. The van der Waals surface area contributed by atoms with Crippen LogP contribution in [-0.4, -0.2) is 52.5 Å². The van der Waals surface area contributed by atoms with Crippen LogP contribution in [0.1, 0.15) is 33.5 Å². The van der Waals surface area contributed by atoms with Crippen LogP contribution in [0.3, 0.4) is 0 Å². The molecule has 0 aliphatic rings. The summed E-state index contributed by atoms with van der Waals surface area (Å²) >= 11 is 0. The van der Waals surface area contributed by atoms with Gasteiger partial charge in [0.05, 0.1) is 11.0 Å². The molecule has 0 radical (unpaired) electrons. The SMILES string of the molecule is CC(C)CN(CC(C)C)C(=O)Cn1c(CCNC(=O)COc2ccccc2)nc2ccccc21. The molecule has 1 aromatic heterocycles. The van der Waals surface area contributed by atoms with Gasteiger partial charge in [0.2, 0.25) is 5.91 Å². The zero-order valence-corrected chi connectivity index (χ0v) is 20.7. The first-order valence-corrected chi connectivity index (χ1v) is 12.0. The zero-order valence-electron chi connectivity index (χ0n) is 20.7. The van der Waals surface area contributed by atoms with Crippen molar-refractivity contribution in [2.24, 2.45) is 11.8 Å². The van der Waals surface area contributed by atoms with Crippen molar-refractivity contribution in [1.29, 1.82) is 0 Å². The molecular formula is C27H36N4O3. The second kappa shape index (κ2) is 12.2. The maximum atomic E-state index is 13.3. The first-order chi connectivity index (χ1) is 16.3. The molecule has 0 atom stereocenters. The van der Waals surface area contributed by atoms with Crippen molar-refractivity contribution in [3.05, 3.63) is 60.4 Å². The van der Waals surface area contributed by atoms with Crippen LogP contribution in [0.2, 0.25) is 0 Å². The first kappa shape index (κ1) is 25.3. The third-order valence-electron chi connectivity index (χ3n) is 5.33. The molecule has 3 rings (SSSR count). The lowest BCUT2D eigenvalue weighted by Gasteiger charge is -2.27. The van der Waals surface area contributed by atoms with Gasteiger partial charge < -0.3 is 19.5 Å². The molecule has 0 bridgehead atoms. The number of nitrogens with zero attached hydrogens (tertiary/aromatic N) is 3. The van der Waals surface area contributed by atoms with Crippen molar-refractivity contribution in [2.45, 2.75) is 40.7 Å². The molecule has 1 N–H and O–H groups in total. The summed E-state index contributed by atoms with van der Waals surface area (Å²) in [5, 5.41) is 2.89. The Balaban J connectivity index is 1.66. The smallest absolute Gasteiger partial charge is 0.257 e. The van der Waals surface area contributed by atoms with Crippen LogP contribution in [0, 0.1) is 11.8 Å². The lowest BCUT2D eigenvalue weighted by Crippen LogP contribution is -2.39. The fourth-order valence-corrected chi connectivity index (χ4v) is 3.92. The van der Waals surface area contributed by atoms with Gasteiger partial charge in [0.25, 0.3) is 5.91 Å². The van der Waals surface area contributed by atoms with Gasteiger partial charge in [-0.3, -0.25) is 9.59 Å². The highest BCUT2D eigenvalue weighted by molar-refractivity contribution is 5.81. The van der Waals surface area contributed by atoms with Crippen molar-refractivity contribution in [2.75, 3.05) is 26.2 Å². The Morgan fingerprint density at radius 1 is 0.971 bits per heavy atom. The quantitative estimate of drug-likeness (QED) is 0.441. The molecule has 0 unspecified atom stereocenters. The topological polar surface area (TPSA) is 76.5 Å². The van der Waals surface area contributed by atoms with E-state index in [2.05, 4.69) is 33.0 Å². The van der Waals surface area contributed by atoms with E-state index in [0.29, 0.717) is 30.6 Å². The summed E-state index contributed by atoms with van der Waals surface area (Å²) in [7, 11) is 0. The number of para-hydroxylation sites is 3. The molecule has 7 nitrogen and oxygen atoms in total. The van der Waals surface area contributed by atoms with E-state index in [4.69, 9.17) is 9.72 Å². The van der Waals surface area contributed by atoms with Crippen LogP contribution in [-0.2, 0) is 22.6 Å². The maximum absolute atomic E-state index is 13.3. The highest BCUT2D eigenvalue weighted by atomic mass is 16.5. The van der Waals surface area contributed by atoms with Crippen LogP contribution in [0.15, 0.2) is 54.6 Å². The number of ether oxygens (including phenoxy) is 1. The van der Waals surface area contributed by atoms with E-state index in [1.165, 1.54) is 0 Å². The summed E-state index contributed by atoms with van der Waals surface area (Å²) in [5.74, 6) is 2.14. The van der Waals surface area contributed by atoms with Crippen molar-refractivity contribution < 1.29 is 14.3 Å². The maximum Gasteiger partial charge on any atom is 0.257 e.